The zero-order valence-electron chi connectivity index (χ0n) is 13.0. The highest BCUT2D eigenvalue weighted by atomic mass is 35.5. The van der Waals surface area contributed by atoms with Crippen LogP contribution in [-0.2, 0) is 9.53 Å². The molecule has 25 heavy (non-hydrogen) atoms. The van der Waals surface area contributed by atoms with Crippen LogP contribution in [0.4, 0.5) is 5.69 Å². The van der Waals surface area contributed by atoms with Gasteiger partial charge in [0.1, 0.15) is 5.65 Å². The van der Waals surface area contributed by atoms with Gasteiger partial charge < -0.3 is 15.0 Å². The lowest BCUT2D eigenvalue weighted by atomic mass is 10.2. The Kier molecular flexibility index (Phi) is 4.92. The van der Waals surface area contributed by atoms with E-state index in [2.05, 4.69) is 15.3 Å². The van der Waals surface area contributed by atoms with E-state index < -0.39 is 18.0 Å². The van der Waals surface area contributed by atoms with Crippen molar-refractivity contribution in [1.29, 1.82) is 0 Å². The SMILES string of the molecule is CC(OC(=O)c1ccnc2[nH]ccc12)C(=O)Nc1c(Cl)cccc1Cl. The number of fused-ring (bicyclic) bond motifs is 1. The van der Waals surface area contributed by atoms with Crippen molar-refractivity contribution in [2.24, 2.45) is 0 Å². The molecule has 0 saturated heterocycles. The highest BCUT2D eigenvalue weighted by Crippen LogP contribution is 2.30. The van der Waals surface area contributed by atoms with Gasteiger partial charge in [0.15, 0.2) is 6.10 Å². The number of nitrogens with one attached hydrogen (secondary N) is 2. The van der Waals surface area contributed by atoms with Crippen LogP contribution in [0.3, 0.4) is 0 Å². The molecule has 0 bridgehead atoms. The van der Waals surface area contributed by atoms with Crippen molar-refractivity contribution in [3.8, 4) is 0 Å². The van der Waals surface area contributed by atoms with Gasteiger partial charge >= 0.3 is 5.97 Å². The maximum atomic E-state index is 12.4. The summed E-state index contributed by atoms with van der Waals surface area (Å²) in [5, 5.41) is 3.78. The van der Waals surface area contributed by atoms with E-state index in [0.717, 1.165) is 0 Å². The van der Waals surface area contributed by atoms with Gasteiger partial charge in [0.05, 0.1) is 21.3 Å². The standard InChI is InChI=1S/C17H13Cl2N3O3/c1-9(16(23)22-14-12(18)3-2-4-13(14)19)25-17(24)11-6-8-21-15-10(11)5-7-20-15/h2-9H,1H3,(H,20,21)(H,22,23). The third-order valence-electron chi connectivity index (χ3n) is 3.54. The van der Waals surface area contributed by atoms with E-state index in [9.17, 15) is 9.59 Å². The monoisotopic (exact) mass is 377 g/mol. The van der Waals surface area contributed by atoms with E-state index in [1.54, 1.807) is 30.5 Å². The van der Waals surface area contributed by atoms with Crippen LogP contribution >= 0.6 is 23.2 Å². The summed E-state index contributed by atoms with van der Waals surface area (Å²) < 4.78 is 5.25. The second kappa shape index (κ2) is 7.13. The molecule has 0 fully saturated rings. The van der Waals surface area contributed by atoms with Gasteiger partial charge in [-0.3, -0.25) is 4.79 Å². The number of rotatable bonds is 4. The molecule has 0 aliphatic carbocycles. The van der Waals surface area contributed by atoms with Crippen molar-refractivity contribution >= 4 is 51.8 Å². The summed E-state index contributed by atoms with van der Waals surface area (Å²) in [5.41, 5.74) is 1.16. The Morgan fingerprint density at radius 2 is 1.92 bits per heavy atom. The molecule has 2 heterocycles. The van der Waals surface area contributed by atoms with Crippen molar-refractivity contribution in [2.75, 3.05) is 5.32 Å². The number of carbonyl (C=O) groups excluding carboxylic acids is 2. The lowest BCUT2D eigenvalue weighted by molar-refractivity contribution is -0.123. The predicted octanol–water partition coefficient (Wildman–Crippen LogP) is 4.05. The molecule has 0 aliphatic heterocycles. The Morgan fingerprint density at radius 1 is 1.20 bits per heavy atom. The second-order valence-corrected chi connectivity index (χ2v) is 6.05. The highest BCUT2D eigenvalue weighted by molar-refractivity contribution is 6.39. The first-order valence-electron chi connectivity index (χ1n) is 7.35. The average molecular weight is 378 g/mol. The minimum Gasteiger partial charge on any atom is -0.449 e. The third kappa shape index (κ3) is 3.60. The Balaban J connectivity index is 1.73. The number of aromatic amines is 1. The number of anilines is 1. The summed E-state index contributed by atoms with van der Waals surface area (Å²) in [6.45, 7) is 1.47. The molecule has 0 aliphatic rings. The minimum absolute atomic E-state index is 0.274. The zero-order valence-corrected chi connectivity index (χ0v) is 14.6. The highest BCUT2D eigenvalue weighted by Gasteiger charge is 2.22. The first-order valence-corrected chi connectivity index (χ1v) is 8.11. The number of pyridine rings is 1. The van der Waals surface area contributed by atoms with Gasteiger partial charge in [0, 0.05) is 17.8 Å². The number of nitrogens with zero attached hydrogens (tertiary/aromatic N) is 1. The van der Waals surface area contributed by atoms with Crippen LogP contribution in [0.25, 0.3) is 11.0 Å². The predicted molar refractivity (Wildman–Crippen MR) is 96.1 cm³/mol. The van der Waals surface area contributed by atoms with Crippen molar-refractivity contribution < 1.29 is 14.3 Å². The van der Waals surface area contributed by atoms with E-state index in [1.807, 2.05) is 0 Å². The number of hydrogen-bond donors (Lipinski definition) is 2. The number of hydrogen-bond acceptors (Lipinski definition) is 4. The van der Waals surface area contributed by atoms with Gasteiger partial charge in [-0.05, 0) is 31.2 Å². The van der Waals surface area contributed by atoms with Crippen molar-refractivity contribution in [1.82, 2.24) is 9.97 Å². The number of carbonyl (C=O) groups is 2. The molecular weight excluding hydrogens is 365 g/mol. The largest absolute Gasteiger partial charge is 0.449 e. The average Bonchev–Trinajstić information content (AvgIpc) is 3.06. The molecule has 0 saturated carbocycles. The quantitative estimate of drug-likeness (QED) is 0.671. The topological polar surface area (TPSA) is 84.1 Å². The number of H-pyrrole nitrogens is 1. The van der Waals surface area contributed by atoms with Crippen molar-refractivity contribution in [3.05, 3.63) is 58.3 Å². The number of halogens is 2. The fraction of sp³-hybridized carbons (Fsp3) is 0.118. The molecule has 1 amide bonds. The number of amides is 1. The lowest BCUT2D eigenvalue weighted by Crippen LogP contribution is -2.30. The first kappa shape index (κ1) is 17.3. The van der Waals surface area contributed by atoms with Gasteiger partial charge in [-0.15, -0.1) is 0 Å². The second-order valence-electron chi connectivity index (χ2n) is 5.23. The molecule has 3 rings (SSSR count). The summed E-state index contributed by atoms with van der Waals surface area (Å²) >= 11 is 12.0. The van der Waals surface area contributed by atoms with Gasteiger partial charge in [-0.25, -0.2) is 9.78 Å². The van der Waals surface area contributed by atoms with E-state index in [4.69, 9.17) is 27.9 Å². The maximum absolute atomic E-state index is 12.4. The molecule has 6 nitrogen and oxygen atoms in total. The van der Waals surface area contributed by atoms with Gasteiger partial charge in [0.2, 0.25) is 0 Å². The van der Waals surface area contributed by atoms with Crippen molar-refractivity contribution in [3.63, 3.8) is 0 Å². The molecule has 1 atom stereocenters. The van der Waals surface area contributed by atoms with Gasteiger partial charge in [-0.1, -0.05) is 29.3 Å². The van der Waals surface area contributed by atoms with Crippen LogP contribution in [0.15, 0.2) is 42.7 Å². The Hall–Kier alpha value is -2.57. The van der Waals surface area contributed by atoms with Gasteiger partial charge in [-0.2, -0.15) is 0 Å². The summed E-state index contributed by atoms with van der Waals surface area (Å²) in [6, 6.07) is 8.11. The number of esters is 1. The molecule has 2 N–H and O–H groups in total. The smallest absolute Gasteiger partial charge is 0.339 e. The van der Waals surface area contributed by atoms with Crippen LogP contribution in [0.1, 0.15) is 17.3 Å². The molecule has 3 aromatic rings. The van der Waals surface area contributed by atoms with E-state index >= 15 is 0 Å². The zero-order chi connectivity index (χ0) is 18.0. The maximum Gasteiger partial charge on any atom is 0.339 e. The van der Waals surface area contributed by atoms with Crippen molar-refractivity contribution in [2.45, 2.75) is 13.0 Å². The molecule has 1 unspecified atom stereocenters. The van der Waals surface area contributed by atoms with Crippen LogP contribution in [0, 0.1) is 0 Å². The molecule has 0 radical (unpaired) electrons. The molecule has 1 aromatic carbocycles. The number of ether oxygens (including phenoxy) is 1. The number of benzene rings is 1. The lowest BCUT2D eigenvalue weighted by Gasteiger charge is -2.15. The Morgan fingerprint density at radius 3 is 2.64 bits per heavy atom. The number of para-hydroxylation sites is 1. The summed E-state index contributed by atoms with van der Waals surface area (Å²) in [5.74, 6) is -1.16. The summed E-state index contributed by atoms with van der Waals surface area (Å²) in [6.07, 6.45) is 2.12. The van der Waals surface area contributed by atoms with E-state index in [1.165, 1.54) is 19.2 Å². The first-order chi connectivity index (χ1) is 12.0. The third-order valence-corrected chi connectivity index (χ3v) is 4.17. The fourth-order valence-corrected chi connectivity index (χ4v) is 2.75. The van der Waals surface area contributed by atoms with Crippen LogP contribution in [-0.4, -0.2) is 27.9 Å². The van der Waals surface area contributed by atoms with Crippen LogP contribution in [0.5, 0.6) is 0 Å². The Labute approximate surface area is 153 Å². The normalized spacial score (nSPS) is 12.0. The van der Waals surface area contributed by atoms with E-state index in [0.29, 0.717) is 26.6 Å². The van der Waals surface area contributed by atoms with Gasteiger partial charge in [0.25, 0.3) is 5.91 Å². The summed E-state index contributed by atoms with van der Waals surface area (Å²) in [4.78, 5) is 31.6. The van der Waals surface area contributed by atoms with Crippen LogP contribution in [0.2, 0.25) is 10.0 Å². The molecule has 128 valence electrons. The van der Waals surface area contributed by atoms with E-state index in [-0.39, 0.29) is 5.69 Å². The van der Waals surface area contributed by atoms with Crippen LogP contribution < -0.4 is 5.32 Å². The molecule has 0 spiro atoms. The minimum atomic E-state index is -1.04. The Bertz CT molecular complexity index is 935. The molecule has 2 aromatic heterocycles. The molecular formula is C17H13Cl2N3O3. The number of aromatic nitrogens is 2. The fourth-order valence-electron chi connectivity index (χ4n) is 2.26. The summed E-state index contributed by atoms with van der Waals surface area (Å²) in [7, 11) is 0. The molecule has 8 heteroatoms.